The first kappa shape index (κ1) is 12.3. The zero-order valence-electron chi connectivity index (χ0n) is 11.5. The van der Waals surface area contributed by atoms with Crippen LogP contribution in [0.25, 0.3) is 0 Å². The van der Waals surface area contributed by atoms with Gasteiger partial charge in [0.2, 0.25) is 0 Å². The maximum absolute atomic E-state index is 5.59. The minimum Gasteiger partial charge on any atom is -0.330 e. The van der Waals surface area contributed by atoms with E-state index in [1.807, 2.05) is 11.3 Å². The summed E-state index contributed by atoms with van der Waals surface area (Å²) in [5.41, 5.74) is 6.01. The third kappa shape index (κ3) is 2.04. The van der Waals surface area contributed by atoms with Crippen molar-refractivity contribution in [3.05, 3.63) is 10.0 Å². The molecule has 0 radical (unpaired) electrons. The molecule has 4 aliphatic carbocycles. The van der Waals surface area contributed by atoms with Crippen molar-refractivity contribution >= 4 is 11.3 Å². The van der Waals surface area contributed by atoms with Gasteiger partial charge in [0.25, 0.3) is 0 Å². The zero-order valence-corrected chi connectivity index (χ0v) is 12.3. The highest BCUT2D eigenvalue weighted by molar-refractivity contribution is 7.11. The second-order valence-corrected chi connectivity index (χ2v) is 8.15. The fraction of sp³-hybridized carbons (Fsp3) is 0.867. The molecule has 0 aliphatic heterocycles. The molecule has 0 unspecified atom stereocenters. The van der Waals surface area contributed by atoms with E-state index in [0.29, 0.717) is 5.41 Å². The third-order valence-electron chi connectivity index (χ3n) is 5.55. The Morgan fingerprint density at radius 3 is 2.26 bits per heavy atom. The standard InChI is InChI=1S/C15H23N3S/c16-3-1-2-13-17-18-14(19-13)15-7-10-4-11(8-15)6-12(5-10)9-15/h10-12H,1-9,16H2. The summed E-state index contributed by atoms with van der Waals surface area (Å²) in [4.78, 5) is 0. The van der Waals surface area contributed by atoms with E-state index in [4.69, 9.17) is 5.73 Å². The van der Waals surface area contributed by atoms with Gasteiger partial charge in [0.1, 0.15) is 10.0 Å². The lowest BCUT2D eigenvalue weighted by Gasteiger charge is -2.55. The Kier molecular flexibility index (Phi) is 2.92. The SMILES string of the molecule is NCCCc1nnc(C23CC4CC(CC(C4)C2)C3)s1. The van der Waals surface area contributed by atoms with Gasteiger partial charge in [-0.1, -0.05) is 0 Å². The largest absolute Gasteiger partial charge is 0.330 e. The normalized spacial score (nSPS) is 39.9. The van der Waals surface area contributed by atoms with Gasteiger partial charge in [0.05, 0.1) is 0 Å². The van der Waals surface area contributed by atoms with E-state index in [9.17, 15) is 0 Å². The van der Waals surface area contributed by atoms with Crippen LogP contribution in [0.1, 0.15) is 55.0 Å². The molecular weight excluding hydrogens is 254 g/mol. The number of rotatable bonds is 4. The lowest BCUT2D eigenvalue weighted by molar-refractivity contribution is -0.00555. The van der Waals surface area contributed by atoms with Crippen LogP contribution in [-0.4, -0.2) is 16.7 Å². The number of aryl methyl sites for hydroxylation is 1. The molecule has 4 aliphatic rings. The number of nitrogens with two attached hydrogens (primary N) is 1. The summed E-state index contributed by atoms with van der Waals surface area (Å²) in [6.07, 6.45) is 10.7. The molecule has 5 rings (SSSR count). The average Bonchev–Trinajstić information content (AvgIpc) is 2.84. The molecule has 0 spiro atoms. The van der Waals surface area contributed by atoms with Crippen LogP contribution in [0.5, 0.6) is 0 Å². The fourth-order valence-electron chi connectivity index (χ4n) is 5.19. The summed E-state index contributed by atoms with van der Waals surface area (Å²) in [5, 5.41) is 11.6. The van der Waals surface area contributed by atoms with Gasteiger partial charge in [-0.15, -0.1) is 21.5 Å². The van der Waals surface area contributed by atoms with Gasteiger partial charge >= 0.3 is 0 Å². The molecule has 4 fully saturated rings. The second-order valence-electron chi connectivity index (χ2n) is 7.09. The van der Waals surface area contributed by atoms with Crippen molar-refractivity contribution in [2.45, 2.75) is 56.8 Å². The highest BCUT2D eigenvalue weighted by atomic mass is 32.1. The van der Waals surface area contributed by atoms with Crippen LogP contribution in [0, 0.1) is 17.8 Å². The molecular formula is C15H23N3S. The van der Waals surface area contributed by atoms with Crippen molar-refractivity contribution in [2.24, 2.45) is 23.5 Å². The van der Waals surface area contributed by atoms with Crippen LogP contribution in [0.15, 0.2) is 0 Å². The van der Waals surface area contributed by atoms with E-state index in [-0.39, 0.29) is 0 Å². The predicted octanol–water partition coefficient (Wildman–Crippen LogP) is 2.90. The van der Waals surface area contributed by atoms with Crippen molar-refractivity contribution < 1.29 is 0 Å². The van der Waals surface area contributed by atoms with Gasteiger partial charge < -0.3 is 5.73 Å². The lowest BCUT2D eigenvalue weighted by atomic mass is 9.50. The number of hydrogen-bond acceptors (Lipinski definition) is 4. The molecule has 3 nitrogen and oxygen atoms in total. The van der Waals surface area contributed by atoms with Crippen LogP contribution in [0.4, 0.5) is 0 Å². The molecule has 0 amide bonds. The monoisotopic (exact) mass is 277 g/mol. The molecule has 4 saturated carbocycles. The highest BCUT2D eigenvalue weighted by Crippen LogP contribution is 2.60. The van der Waals surface area contributed by atoms with E-state index in [0.717, 1.165) is 37.1 Å². The van der Waals surface area contributed by atoms with Gasteiger partial charge in [-0.2, -0.15) is 0 Å². The van der Waals surface area contributed by atoms with Crippen molar-refractivity contribution in [3.8, 4) is 0 Å². The smallest absolute Gasteiger partial charge is 0.123 e. The highest BCUT2D eigenvalue weighted by Gasteiger charge is 2.53. The van der Waals surface area contributed by atoms with Gasteiger partial charge in [0, 0.05) is 11.8 Å². The quantitative estimate of drug-likeness (QED) is 0.920. The number of nitrogens with zero attached hydrogens (tertiary/aromatic N) is 2. The maximum Gasteiger partial charge on any atom is 0.123 e. The molecule has 4 heteroatoms. The Labute approximate surface area is 119 Å². The Morgan fingerprint density at radius 1 is 1.05 bits per heavy atom. The summed E-state index contributed by atoms with van der Waals surface area (Å²) in [6.45, 7) is 0.756. The molecule has 1 heterocycles. The summed E-state index contributed by atoms with van der Waals surface area (Å²) >= 11 is 1.88. The van der Waals surface area contributed by atoms with Gasteiger partial charge in [-0.3, -0.25) is 0 Å². The molecule has 0 atom stereocenters. The molecule has 104 valence electrons. The summed E-state index contributed by atoms with van der Waals surface area (Å²) in [5.74, 6) is 2.97. The number of aromatic nitrogens is 2. The first-order valence-corrected chi connectivity index (χ1v) is 8.62. The van der Waals surface area contributed by atoms with E-state index in [2.05, 4.69) is 10.2 Å². The van der Waals surface area contributed by atoms with Crippen LogP contribution >= 0.6 is 11.3 Å². The van der Waals surface area contributed by atoms with E-state index >= 15 is 0 Å². The Balaban J connectivity index is 1.59. The van der Waals surface area contributed by atoms with Gasteiger partial charge in [-0.05, 0) is 69.2 Å². The van der Waals surface area contributed by atoms with Crippen LogP contribution in [-0.2, 0) is 11.8 Å². The Bertz CT molecular complexity index is 432. The summed E-state index contributed by atoms with van der Waals surface area (Å²) < 4.78 is 0. The second kappa shape index (κ2) is 4.52. The van der Waals surface area contributed by atoms with Crippen molar-refractivity contribution in [1.82, 2.24) is 10.2 Å². The van der Waals surface area contributed by atoms with Crippen LogP contribution in [0.2, 0.25) is 0 Å². The summed E-state index contributed by atoms with van der Waals surface area (Å²) in [6, 6.07) is 0. The Hall–Kier alpha value is -0.480. The zero-order chi connectivity index (χ0) is 12.9. The van der Waals surface area contributed by atoms with Gasteiger partial charge in [0.15, 0.2) is 0 Å². The minimum absolute atomic E-state index is 0.424. The van der Waals surface area contributed by atoms with E-state index < -0.39 is 0 Å². The van der Waals surface area contributed by atoms with Crippen LogP contribution in [0.3, 0.4) is 0 Å². The first-order chi connectivity index (χ1) is 9.27. The van der Waals surface area contributed by atoms with Crippen LogP contribution < -0.4 is 5.73 Å². The average molecular weight is 277 g/mol. The van der Waals surface area contributed by atoms with Crippen molar-refractivity contribution in [3.63, 3.8) is 0 Å². The number of hydrogen-bond donors (Lipinski definition) is 1. The molecule has 1 aromatic rings. The predicted molar refractivity (Wildman–Crippen MR) is 77.1 cm³/mol. The maximum atomic E-state index is 5.59. The van der Waals surface area contributed by atoms with Crippen molar-refractivity contribution in [2.75, 3.05) is 6.54 Å². The first-order valence-electron chi connectivity index (χ1n) is 7.80. The molecule has 0 saturated heterocycles. The fourth-order valence-corrected chi connectivity index (χ4v) is 6.29. The Morgan fingerprint density at radius 2 is 1.68 bits per heavy atom. The molecule has 2 N–H and O–H groups in total. The lowest BCUT2D eigenvalue weighted by Crippen LogP contribution is -2.48. The molecule has 19 heavy (non-hydrogen) atoms. The topological polar surface area (TPSA) is 51.8 Å². The summed E-state index contributed by atoms with van der Waals surface area (Å²) in [7, 11) is 0. The van der Waals surface area contributed by atoms with E-state index in [1.165, 1.54) is 48.5 Å². The minimum atomic E-state index is 0.424. The van der Waals surface area contributed by atoms with E-state index in [1.54, 1.807) is 0 Å². The van der Waals surface area contributed by atoms with Gasteiger partial charge in [-0.25, -0.2) is 0 Å². The molecule has 1 aromatic heterocycles. The molecule has 4 bridgehead atoms. The van der Waals surface area contributed by atoms with Crippen molar-refractivity contribution in [1.29, 1.82) is 0 Å². The molecule has 0 aromatic carbocycles. The third-order valence-corrected chi connectivity index (χ3v) is 6.78.